The number of rotatable bonds is 3. The highest BCUT2D eigenvalue weighted by Gasteiger charge is 2.08. The van der Waals surface area contributed by atoms with E-state index in [1.807, 2.05) is 14.0 Å². The molecular weight excluding hydrogens is 220 g/mol. The zero-order valence-electron chi connectivity index (χ0n) is 11.1. The number of aryl methyl sites for hydroxylation is 1. The third kappa shape index (κ3) is 2.69. The monoisotopic (exact) mass is 238 g/mol. The van der Waals surface area contributed by atoms with E-state index in [4.69, 9.17) is 5.26 Å². The Kier molecular flexibility index (Phi) is 3.64. The van der Waals surface area contributed by atoms with Crippen molar-refractivity contribution < 1.29 is 0 Å². The van der Waals surface area contributed by atoms with Crippen molar-refractivity contribution in [3.63, 3.8) is 0 Å². The average Bonchev–Trinajstić information content (AvgIpc) is 2.38. The standard InChI is InChI=1S/C16H18N2/c1-12-4-6-16-9-14(5-7-15(16)8-12)11-18(3)13(2)10-17/h4-9,13H,11H2,1-3H3. The first-order chi connectivity index (χ1) is 8.60. The van der Waals surface area contributed by atoms with Crippen LogP contribution in [0.3, 0.4) is 0 Å². The van der Waals surface area contributed by atoms with E-state index in [0.717, 1.165) is 6.54 Å². The van der Waals surface area contributed by atoms with Crippen LogP contribution in [0.4, 0.5) is 0 Å². The van der Waals surface area contributed by atoms with Gasteiger partial charge in [-0.05, 0) is 43.3 Å². The summed E-state index contributed by atoms with van der Waals surface area (Å²) in [5.41, 5.74) is 2.53. The maximum atomic E-state index is 8.89. The molecule has 0 radical (unpaired) electrons. The zero-order chi connectivity index (χ0) is 13.1. The molecule has 1 unspecified atom stereocenters. The van der Waals surface area contributed by atoms with Gasteiger partial charge in [0.15, 0.2) is 0 Å². The maximum Gasteiger partial charge on any atom is 0.0949 e. The molecule has 2 aromatic carbocycles. The van der Waals surface area contributed by atoms with Crippen molar-refractivity contribution in [3.05, 3.63) is 47.5 Å². The summed E-state index contributed by atoms with van der Waals surface area (Å²) >= 11 is 0. The van der Waals surface area contributed by atoms with Gasteiger partial charge in [-0.2, -0.15) is 5.26 Å². The summed E-state index contributed by atoms with van der Waals surface area (Å²) in [6.45, 7) is 4.83. The summed E-state index contributed by atoms with van der Waals surface area (Å²) in [4.78, 5) is 2.05. The fraction of sp³-hybridized carbons (Fsp3) is 0.312. The molecular formula is C16H18N2. The van der Waals surface area contributed by atoms with Crippen molar-refractivity contribution in [1.82, 2.24) is 4.90 Å². The molecule has 0 bridgehead atoms. The van der Waals surface area contributed by atoms with Gasteiger partial charge in [0.1, 0.15) is 0 Å². The van der Waals surface area contributed by atoms with Crippen LogP contribution in [-0.2, 0) is 6.54 Å². The molecule has 2 nitrogen and oxygen atoms in total. The van der Waals surface area contributed by atoms with E-state index in [1.165, 1.54) is 21.9 Å². The molecule has 0 aliphatic carbocycles. The molecule has 92 valence electrons. The smallest absolute Gasteiger partial charge is 0.0949 e. The normalized spacial score (nSPS) is 12.6. The molecule has 2 rings (SSSR count). The molecule has 1 atom stereocenters. The summed E-state index contributed by atoms with van der Waals surface area (Å²) in [6.07, 6.45) is 0. The maximum absolute atomic E-state index is 8.89. The van der Waals surface area contributed by atoms with E-state index >= 15 is 0 Å². The summed E-state index contributed by atoms with van der Waals surface area (Å²) < 4.78 is 0. The van der Waals surface area contributed by atoms with Gasteiger partial charge in [-0.25, -0.2) is 0 Å². The number of benzene rings is 2. The molecule has 2 heteroatoms. The van der Waals surface area contributed by atoms with E-state index < -0.39 is 0 Å². The molecule has 0 saturated heterocycles. The van der Waals surface area contributed by atoms with Crippen molar-refractivity contribution in [1.29, 1.82) is 5.26 Å². The van der Waals surface area contributed by atoms with Crippen molar-refractivity contribution in [2.45, 2.75) is 26.4 Å². The topological polar surface area (TPSA) is 27.0 Å². The molecule has 0 spiro atoms. The van der Waals surface area contributed by atoms with Crippen LogP contribution >= 0.6 is 0 Å². The highest BCUT2D eigenvalue weighted by molar-refractivity contribution is 5.83. The van der Waals surface area contributed by atoms with Gasteiger partial charge in [-0.3, -0.25) is 4.90 Å². The van der Waals surface area contributed by atoms with Crippen LogP contribution < -0.4 is 0 Å². The third-order valence-corrected chi connectivity index (χ3v) is 3.34. The second-order valence-corrected chi connectivity index (χ2v) is 4.91. The van der Waals surface area contributed by atoms with Crippen LogP contribution in [0.5, 0.6) is 0 Å². The van der Waals surface area contributed by atoms with Gasteiger partial charge in [0, 0.05) is 6.54 Å². The molecule has 0 N–H and O–H groups in total. The van der Waals surface area contributed by atoms with E-state index in [9.17, 15) is 0 Å². The van der Waals surface area contributed by atoms with Gasteiger partial charge < -0.3 is 0 Å². The van der Waals surface area contributed by atoms with E-state index in [1.54, 1.807) is 0 Å². The minimum atomic E-state index is -0.0567. The Balaban J connectivity index is 2.26. The molecule has 2 aromatic rings. The SMILES string of the molecule is Cc1ccc2cc(CN(C)C(C)C#N)ccc2c1. The minimum Gasteiger partial charge on any atom is -0.287 e. The number of hydrogen-bond acceptors (Lipinski definition) is 2. The lowest BCUT2D eigenvalue weighted by atomic mass is 10.0. The molecule has 0 heterocycles. The Morgan fingerprint density at radius 3 is 2.56 bits per heavy atom. The predicted molar refractivity (Wildman–Crippen MR) is 75.2 cm³/mol. The van der Waals surface area contributed by atoms with Gasteiger partial charge in [-0.1, -0.05) is 35.9 Å². The quantitative estimate of drug-likeness (QED) is 0.818. The lowest BCUT2D eigenvalue weighted by Crippen LogP contribution is -2.26. The fourth-order valence-corrected chi connectivity index (χ4v) is 2.04. The van der Waals surface area contributed by atoms with E-state index in [0.29, 0.717) is 0 Å². The van der Waals surface area contributed by atoms with Crippen LogP contribution in [0.2, 0.25) is 0 Å². The lowest BCUT2D eigenvalue weighted by Gasteiger charge is -2.19. The van der Waals surface area contributed by atoms with Crippen LogP contribution in [-0.4, -0.2) is 18.0 Å². The highest BCUT2D eigenvalue weighted by Crippen LogP contribution is 2.18. The summed E-state index contributed by atoms with van der Waals surface area (Å²) in [5, 5.41) is 11.4. The van der Waals surface area contributed by atoms with Gasteiger partial charge in [0.2, 0.25) is 0 Å². The Labute approximate surface area is 108 Å². The van der Waals surface area contributed by atoms with Gasteiger partial charge >= 0.3 is 0 Å². The second-order valence-electron chi connectivity index (χ2n) is 4.91. The number of nitriles is 1. The second kappa shape index (κ2) is 5.20. The number of fused-ring (bicyclic) bond motifs is 1. The van der Waals surface area contributed by atoms with Crippen LogP contribution in [0.25, 0.3) is 10.8 Å². The van der Waals surface area contributed by atoms with E-state index in [-0.39, 0.29) is 6.04 Å². The minimum absolute atomic E-state index is 0.0567. The fourth-order valence-electron chi connectivity index (χ4n) is 2.04. The van der Waals surface area contributed by atoms with Crippen molar-refractivity contribution >= 4 is 10.8 Å². The first kappa shape index (κ1) is 12.6. The van der Waals surface area contributed by atoms with Crippen LogP contribution in [0.1, 0.15) is 18.1 Å². The van der Waals surface area contributed by atoms with Crippen LogP contribution in [0, 0.1) is 18.3 Å². The summed E-state index contributed by atoms with van der Waals surface area (Å²) in [7, 11) is 1.98. The predicted octanol–water partition coefficient (Wildman–Crippen LogP) is 3.49. The lowest BCUT2D eigenvalue weighted by molar-refractivity contribution is 0.294. The Hall–Kier alpha value is -1.85. The van der Waals surface area contributed by atoms with Crippen LogP contribution in [0.15, 0.2) is 36.4 Å². The van der Waals surface area contributed by atoms with E-state index in [2.05, 4.69) is 54.3 Å². The molecule has 0 aliphatic rings. The number of nitrogens with zero attached hydrogens (tertiary/aromatic N) is 2. The molecule has 0 amide bonds. The molecule has 0 aromatic heterocycles. The van der Waals surface area contributed by atoms with Crippen molar-refractivity contribution in [3.8, 4) is 6.07 Å². The third-order valence-electron chi connectivity index (χ3n) is 3.34. The molecule has 0 fully saturated rings. The average molecular weight is 238 g/mol. The first-order valence-electron chi connectivity index (χ1n) is 6.19. The van der Waals surface area contributed by atoms with Crippen molar-refractivity contribution in [2.75, 3.05) is 7.05 Å². The highest BCUT2D eigenvalue weighted by atomic mass is 15.1. The number of hydrogen-bond donors (Lipinski definition) is 0. The van der Waals surface area contributed by atoms with Gasteiger partial charge in [-0.15, -0.1) is 0 Å². The molecule has 18 heavy (non-hydrogen) atoms. The van der Waals surface area contributed by atoms with Gasteiger partial charge in [0.25, 0.3) is 0 Å². The van der Waals surface area contributed by atoms with Gasteiger partial charge in [0.05, 0.1) is 12.1 Å². The van der Waals surface area contributed by atoms with Crippen molar-refractivity contribution in [2.24, 2.45) is 0 Å². The molecule has 0 saturated carbocycles. The summed E-state index contributed by atoms with van der Waals surface area (Å²) in [6, 6.07) is 15.2. The summed E-state index contributed by atoms with van der Waals surface area (Å²) in [5.74, 6) is 0. The Morgan fingerprint density at radius 1 is 1.17 bits per heavy atom. The Morgan fingerprint density at radius 2 is 1.83 bits per heavy atom. The zero-order valence-corrected chi connectivity index (χ0v) is 11.1. The first-order valence-corrected chi connectivity index (χ1v) is 6.19. The molecule has 0 aliphatic heterocycles. The largest absolute Gasteiger partial charge is 0.287 e. The Bertz CT molecular complexity index is 596.